The lowest BCUT2D eigenvalue weighted by Gasteiger charge is -2.52. The van der Waals surface area contributed by atoms with E-state index in [1.54, 1.807) is 36.0 Å². The molecule has 7 heteroatoms. The number of β-lactam (4-membered cyclic amide) rings is 1. The lowest BCUT2D eigenvalue weighted by atomic mass is 9.85. The van der Waals surface area contributed by atoms with Crippen LogP contribution >= 0.6 is 11.8 Å². The van der Waals surface area contributed by atoms with Crippen LogP contribution in [0.4, 0.5) is 0 Å². The van der Waals surface area contributed by atoms with Crippen molar-refractivity contribution in [3.63, 3.8) is 0 Å². The van der Waals surface area contributed by atoms with Crippen LogP contribution in [0.1, 0.15) is 33.3 Å². The van der Waals surface area contributed by atoms with Gasteiger partial charge in [0.1, 0.15) is 22.2 Å². The van der Waals surface area contributed by atoms with E-state index in [-0.39, 0.29) is 33.7 Å². The molecule has 4 atom stereocenters. The molecule has 1 aromatic carbocycles. The molecule has 0 radical (unpaired) electrons. The van der Waals surface area contributed by atoms with Gasteiger partial charge in [0, 0.05) is 17.3 Å². The first-order valence-electron chi connectivity index (χ1n) is 8.49. The fourth-order valence-electron chi connectivity index (χ4n) is 3.75. The molecule has 0 bridgehead atoms. The van der Waals surface area contributed by atoms with Crippen molar-refractivity contribution in [3.8, 4) is 5.75 Å². The third-order valence-corrected chi connectivity index (χ3v) is 7.79. The Labute approximate surface area is 151 Å². The van der Waals surface area contributed by atoms with Crippen LogP contribution < -0.4 is 10.6 Å². The minimum absolute atomic E-state index is 0.0158. The Morgan fingerprint density at radius 3 is 2.48 bits per heavy atom. The highest BCUT2D eigenvalue weighted by molar-refractivity contribution is 8.01. The van der Waals surface area contributed by atoms with Gasteiger partial charge in [-0.1, -0.05) is 12.1 Å². The van der Waals surface area contributed by atoms with Crippen LogP contribution in [-0.2, 0) is 15.1 Å². The minimum atomic E-state index is -0.877. The summed E-state index contributed by atoms with van der Waals surface area (Å²) in [6, 6.07) is 6.76. The van der Waals surface area contributed by atoms with Crippen molar-refractivity contribution in [1.29, 1.82) is 0 Å². The zero-order valence-corrected chi connectivity index (χ0v) is 15.6. The van der Waals surface area contributed by atoms with Gasteiger partial charge in [0.15, 0.2) is 0 Å². The van der Waals surface area contributed by atoms with Crippen molar-refractivity contribution in [1.82, 2.24) is 15.5 Å². The first-order valence-corrected chi connectivity index (χ1v) is 9.37. The third-order valence-electron chi connectivity index (χ3n) is 5.92. The van der Waals surface area contributed by atoms with E-state index in [4.69, 9.17) is 0 Å². The molecule has 1 aromatic rings. The molecule has 0 aliphatic carbocycles. The van der Waals surface area contributed by atoms with E-state index in [2.05, 4.69) is 31.4 Å². The van der Waals surface area contributed by atoms with Crippen LogP contribution in [0.5, 0.6) is 5.75 Å². The molecular formula is C18H23N3O3S. The minimum Gasteiger partial charge on any atom is -0.508 e. The number of phenolic OH excluding ortho intramolecular Hbond substituents is 1. The number of amides is 2. The van der Waals surface area contributed by atoms with Gasteiger partial charge in [-0.05, 0) is 45.4 Å². The number of carbonyl (C=O) groups is 2. The molecule has 3 aliphatic rings. The van der Waals surface area contributed by atoms with E-state index in [1.807, 2.05) is 11.8 Å². The molecule has 0 saturated carbocycles. The van der Waals surface area contributed by atoms with Crippen molar-refractivity contribution in [2.45, 2.75) is 54.9 Å². The molecule has 0 spiro atoms. The number of phenols is 1. The van der Waals surface area contributed by atoms with E-state index in [0.29, 0.717) is 6.54 Å². The maximum Gasteiger partial charge on any atom is 0.252 e. The molecule has 2 amide bonds. The standard InChI is InChI=1S/C18H23N3O3S/c1-10-16(2,3)25-15-17(4,14(24)21(10)15)20-13(23)18(9-19-18)11-5-7-12(22)8-6-11/h5-8,10,15,19,22H,9H2,1-4H3,(H,20,23). The highest BCUT2D eigenvalue weighted by Crippen LogP contribution is 2.54. The fourth-order valence-corrected chi connectivity index (χ4v) is 5.43. The molecule has 6 nitrogen and oxygen atoms in total. The summed E-state index contributed by atoms with van der Waals surface area (Å²) in [4.78, 5) is 27.6. The Bertz CT molecular complexity index is 759. The number of carbonyl (C=O) groups excluding carboxylic acids is 2. The second-order valence-corrected chi connectivity index (χ2v) is 9.66. The monoisotopic (exact) mass is 361 g/mol. The zero-order valence-electron chi connectivity index (χ0n) is 14.8. The number of rotatable bonds is 3. The molecular weight excluding hydrogens is 338 g/mol. The van der Waals surface area contributed by atoms with E-state index < -0.39 is 11.1 Å². The van der Waals surface area contributed by atoms with Gasteiger partial charge in [0.25, 0.3) is 5.91 Å². The number of thioether (sulfide) groups is 1. The van der Waals surface area contributed by atoms with Gasteiger partial charge in [0.2, 0.25) is 5.91 Å². The Morgan fingerprint density at radius 2 is 1.92 bits per heavy atom. The van der Waals surface area contributed by atoms with Gasteiger partial charge in [-0.3, -0.25) is 14.9 Å². The van der Waals surface area contributed by atoms with Crippen LogP contribution in [0, 0.1) is 0 Å². The third kappa shape index (κ3) is 2.15. The highest BCUT2D eigenvalue weighted by Gasteiger charge is 2.68. The lowest BCUT2D eigenvalue weighted by molar-refractivity contribution is -0.160. The number of nitrogens with one attached hydrogen (secondary N) is 2. The summed E-state index contributed by atoms with van der Waals surface area (Å²) < 4.78 is -0.0325. The molecule has 0 aromatic heterocycles. The maximum absolute atomic E-state index is 13.0. The number of hydrogen-bond acceptors (Lipinski definition) is 5. The number of benzene rings is 1. The summed E-state index contributed by atoms with van der Waals surface area (Å²) in [6.07, 6.45) is 0. The molecule has 3 saturated heterocycles. The second kappa shape index (κ2) is 4.92. The molecule has 134 valence electrons. The number of aromatic hydroxyl groups is 1. The molecule has 4 unspecified atom stereocenters. The summed E-state index contributed by atoms with van der Waals surface area (Å²) in [5, 5.41) is 15.6. The SMILES string of the molecule is CC1N2C(=O)C(C)(NC(=O)C3(c4ccc(O)cc4)CN3)C2SC1(C)C. The molecule has 3 N–H and O–H groups in total. The Kier molecular flexibility index (Phi) is 3.29. The molecule has 3 aliphatic heterocycles. The number of hydrogen-bond donors (Lipinski definition) is 3. The van der Waals surface area contributed by atoms with Gasteiger partial charge in [-0.2, -0.15) is 0 Å². The van der Waals surface area contributed by atoms with E-state index in [0.717, 1.165) is 5.56 Å². The summed E-state index contributed by atoms with van der Waals surface area (Å²) >= 11 is 1.74. The largest absolute Gasteiger partial charge is 0.508 e. The summed E-state index contributed by atoms with van der Waals surface area (Å²) in [5.74, 6) is -0.0418. The summed E-state index contributed by atoms with van der Waals surface area (Å²) in [7, 11) is 0. The van der Waals surface area contributed by atoms with Crippen molar-refractivity contribution in [2.75, 3.05) is 6.54 Å². The van der Waals surface area contributed by atoms with Crippen molar-refractivity contribution >= 4 is 23.6 Å². The lowest BCUT2D eigenvalue weighted by Crippen LogP contribution is -2.78. The predicted molar refractivity (Wildman–Crippen MR) is 96.1 cm³/mol. The first kappa shape index (κ1) is 16.7. The second-order valence-electron chi connectivity index (χ2n) is 7.92. The highest BCUT2D eigenvalue weighted by atomic mass is 32.2. The average molecular weight is 361 g/mol. The predicted octanol–water partition coefficient (Wildman–Crippen LogP) is 1.15. The van der Waals surface area contributed by atoms with Crippen molar-refractivity contribution in [2.24, 2.45) is 0 Å². The molecule has 4 rings (SSSR count). The summed E-state index contributed by atoms with van der Waals surface area (Å²) in [6.45, 7) is 8.68. The number of fused-ring (bicyclic) bond motifs is 1. The normalized spacial score (nSPS) is 38.1. The quantitative estimate of drug-likeness (QED) is 0.555. The van der Waals surface area contributed by atoms with Crippen LogP contribution in [-0.4, -0.2) is 50.1 Å². The maximum atomic E-state index is 13.0. The average Bonchev–Trinajstić information content (AvgIpc) is 3.32. The Morgan fingerprint density at radius 1 is 1.32 bits per heavy atom. The van der Waals surface area contributed by atoms with Crippen LogP contribution in [0.3, 0.4) is 0 Å². The summed E-state index contributed by atoms with van der Waals surface area (Å²) in [5.41, 5.74) is -0.887. The van der Waals surface area contributed by atoms with Gasteiger partial charge in [-0.15, -0.1) is 11.8 Å². The van der Waals surface area contributed by atoms with Gasteiger partial charge < -0.3 is 15.3 Å². The number of nitrogens with zero attached hydrogens (tertiary/aromatic N) is 1. The molecule has 3 fully saturated rings. The smallest absolute Gasteiger partial charge is 0.252 e. The van der Waals surface area contributed by atoms with Crippen LogP contribution in [0.2, 0.25) is 0 Å². The van der Waals surface area contributed by atoms with Crippen LogP contribution in [0.25, 0.3) is 0 Å². The topological polar surface area (TPSA) is 91.6 Å². The Hall–Kier alpha value is -1.73. The van der Waals surface area contributed by atoms with Gasteiger partial charge in [0.05, 0.1) is 0 Å². The van der Waals surface area contributed by atoms with Gasteiger partial charge in [-0.25, -0.2) is 0 Å². The first-order chi connectivity index (χ1) is 11.6. The molecule has 25 heavy (non-hydrogen) atoms. The van der Waals surface area contributed by atoms with Gasteiger partial charge >= 0.3 is 0 Å². The van der Waals surface area contributed by atoms with Crippen LogP contribution in [0.15, 0.2) is 24.3 Å². The van der Waals surface area contributed by atoms with E-state index in [9.17, 15) is 14.7 Å². The van der Waals surface area contributed by atoms with Crippen molar-refractivity contribution < 1.29 is 14.7 Å². The fraction of sp³-hybridized carbons (Fsp3) is 0.556. The van der Waals surface area contributed by atoms with E-state index in [1.165, 1.54) is 0 Å². The van der Waals surface area contributed by atoms with Crippen molar-refractivity contribution in [3.05, 3.63) is 29.8 Å². The zero-order chi connectivity index (χ0) is 18.2. The Balaban J connectivity index is 1.56. The molecule has 3 heterocycles. The van der Waals surface area contributed by atoms with E-state index >= 15 is 0 Å².